The van der Waals surface area contributed by atoms with Crippen LogP contribution in [0.1, 0.15) is 20.7 Å². The highest BCUT2D eigenvalue weighted by molar-refractivity contribution is 7.92. The molecule has 0 fully saturated rings. The fourth-order valence-electron chi connectivity index (χ4n) is 2.80. The Hall–Kier alpha value is -4.26. The molecular formula is C22H18F3N3O6S. The molecule has 2 amide bonds. The van der Waals surface area contributed by atoms with E-state index in [-0.39, 0.29) is 21.7 Å². The quantitative estimate of drug-likeness (QED) is 0.419. The third kappa shape index (κ3) is 6.86. The molecule has 9 nitrogen and oxygen atoms in total. The maximum absolute atomic E-state index is 12.8. The monoisotopic (exact) mass is 509 g/mol. The first kappa shape index (κ1) is 25.4. The van der Waals surface area contributed by atoms with Crippen LogP contribution in [-0.2, 0) is 10.0 Å². The van der Waals surface area contributed by atoms with Crippen LogP contribution in [0, 0.1) is 0 Å². The highest BCUT2D eigenvalue weighted by atomic mass is 32.2. The number of hydrogen-bond donors (Lipinski definition) is 3. The molecular weight excluding hydrogens is 491 g/mol. The first-order chi connectivity index (χ1) is 16.5. The summed E-state index contributed by atoms with van der Waals surface area (Å²) in [7, 11) is -2.70. The summed E-state index contributed by atoms with van der Waals surface area (Å²) < 4.78 is 73.4. The van der Waals surface area contributed by atoms with Gasteiger partial charge in [0.1, 0.15) is 11.5 Å². The van der Waals surface area contributed by atoms with Gasteiger partial charge in [0.25, 0.3) is 21.8 Å². The minimum Gasteiger partial charge on any atom is -0.495 e. The Morgan fingerprint density at radius 1 is 0.829 bits per heavy atom. The number of hydrogen-bond acceptors (Lipinski definition) is 6. The number of alkyl halides is 3. The van der Waals surface area contributed by atoms with Crippen LogP contribution >= 0.6 is 0 Å². The van der Waals surface area contributed by atoms with E-state index in [0.29, 0.717) is 5.75 Å². The van der Waals surface area contributed by atoms with Gasteiger partial charge in [-0.2, -0.15) is 0 Å². The van der Waals surface area contributed by atoms with Crippen molar-refractivity contribution in [1.82, 2.24) is 10.9 Å². The predicted molar refractivity (Wildman–Crippen MR) is 118 cm³/mol. The van der Waals surface area contributed by atoms with Crippen LogP contribution in [0.25, 0.3) is 0 Å². The molecule has 0 bridgehead atoms. The van der Waals surface area contributed by atoms with E-state index >= 15 is 0 Å². The lowest BCUT2D eigenvalue weighted by Crippen LogP contribution is -2.41. The lowest BCUT2D eigenvalue weighted by atomic mass is 10.2. The Kier molecular flexibility index (Phi) is 7.49. The summed E-state index contributed by atoms with van der Waals surface area (Å²) in [6.07, 6.45) is -4.87. The van der Waals surface area contributed by atoms with Gasteiger partial charge in [0.15, 0.2) is 0 Å². The minimum absolute atomic E-state index is 0.0582. The third-order valence-corrected chi connectivity index (χ3v) is 5.76. The molecule has 35 heavy (non-hydrogen) atoms. The highest BCUT2D eigenvalue weighted by Crippen LogP contribution is 2.26. The highest BCUT2D eigenvalue weighted by Gasteiger charge is 2.31. The molecule has 0 aromatic heterocycles. The first-order valence-corrected chi connectivity index (χ1v) is 11.2. The Morgan fingerprint density at radius 3 is 2.09 bits per heavy atom. The van der Waals surface area contributed by atoms with Crippen molar-refractivity contribution in [2.24, 2.45) is 0 Å². The van der Waals surface area contributed by atoms with E-state index in [9.17, 15) is 31.2 Å². The second-order valence-corrected chi connectivity index (χ2v) is 8.50. The second kappa shape index (κ2) is 10.3. The Labute approximate surface area is 197 Å². The number of anilines is 1. The third-order valence-electron chi connectivity index (χ3n) is 4.40. The van der Waals surface area contributed by atoms with Crippen molar-refractivity contribution in [2.75, 3.05) is 11.8 Å². The molecule has 13 heteroatoms. The zero-order valence-corrected chi connectivity index (χ0v) is 18.7. The van der Waals surface area contributed by atoms with Crippen LogP contribution in [0.4, 0.5) is 18.9 Å². The zero-order valence-electron chi connectivity index (χ0n) is 17.9. The molecule has 0 saturated heterocycles. The molecule has 3 aromatic rings. The summed E-state index contributed by atoms with van der Waals surface area (Å²) in [6.45, 7) is 0. The molecule has 0 unspecified atom stereocenters. The number of amides is 2. The molecule has 184 valence electrons. The Morgan fingerprint density at radius 2 is 1.46 bits per heavy atom. The van der Waals surface area contributed by atoms with Gasteiger partial charge in [0.05, 0.1) is 17.7 Å². The number of benzene rings is 3. The van der Waals surface area contributed by atoms with Gasteiger partial charge >= 0.3 is 6.36 Å². The number of methoxy groups -OCH3 is 1. The standard InChI is InChI=1S/C22H18F3N3O6S/c1-33-19-8-3-2-7-18(19)28-35(31,32)17-6-4-5-15(13-17)21(30)27-26-20(29)14-9-11-16(12-10-14)34-22(23,24)25/h2-13,28H,1H3,(H,26,29)(H,27,30). The van der Waals surface area contributed by atoms with E-state index in [1.165, 1.54) is 31.4 Å². The number of ether oxygens (including phenoxy) is 2. The average molecular weight is 509 g/mol. The fraction of sp³-hybridized carbons (Fsp3) is 0.0909. The minimum atomic E-state index is -4.87. The van der Waals surface area contributed by atoms with E-state index in [1.54, 1.807) is 18.2 Å². The summed E-state index contributed by atoms with van der Waals surface area (Å²) in [5, 5.41) is 0. The molecule has 0 aliphatic carbocycles. The molecule has 0 saturated carbocycles. The van der Waals surface area contributed by atoms with Crippen molar-refractivity contribution in [3.63, 3.8) is 0 Å². The van der Waals surface area contributed by atoms with Crippen molar-refractivity contribution in [3.8, 4) is 11.5 Å². The molecule has 0 spiro atoms. The van der Waals surface area contributed by atoms with Crippen molar-refractivity contribution < 1.29 is 40.7 Å². The van der Waals surface area contributed by atoms with Gasteiger partial charge in [-0.15, -0.1) is 13.2 Å². The SMILES string of the molecule is COc1ccccc1NS(=O)(=O)c1cccc(C(=O)NNC(=O)c2ccc(OC(F)(F)F)cc2)c1. The summed E-state index contributed by atoms with van der Waals surface area (Å²) in [5.41, 5.74) is 4.27. The van der Waals surface area contributed by atoms with Crippen molar-refractivity contribution in [2.45, 2.75) is 11.3 Å². The van der Waals surface area contributed by atoms with Crippen molar-refractivity contribution >= 4 is 27.5 Å². The number of nitrogens with one attached hydrogen (secondary N) is 3. The van der Waals surface area contributed by atoms with Gasteiger partial charge in [-0.05, 0) is 54.6 Å². The number of carbonyl (C=O) groups is 2. The van der Waals surface area contributed by atoms with E-state index in [1.807, 2.05) is 0 Å². The number of rotatable bonds is 7. The average Bonchev–Trinajstić information content (AvgIpc) is 2.82. The number of sulfonamides is 1. The Bertz CT molecular complexity index is 1330. The number of hydrazine groups is 1. The van der Waals surface area contributed by atoms with Gasteiger partial charge in [0, 0.05) is 11.1 Å². The molecule has 0 aliphatic heterocycles. The van der Waals surface area contributed by atoms with E-state index in [4.69, 9.17) is 4.74 Å². The lowest BCUT2D eigenvalue weighted by molar-refractivity contribution is -0.274. The summed E-state index contributed by atoms with van der Waals surface area (Å²) >= 11 is 0. The molecule has 0 radical (unpaired) electrons. The number of para-hydroxylation sites is 2. The van der Waals surface area contributed by atoms with Crippen LogP contribution in [0.15, 0.2) is 77.7 Å². The van der Waals surface area contributed by atoms with Gasteiger partial charge < -0.3 is 9.47 Å². The van der Waals surface area contributed by atoms with E-state index in [0.717, 1.165) is 30.3 Å². The first-order valence-electron chi connectivity index (χ1n) is 9.71. The molecule has 3 aromatic carbocycles. The smallest absolute Gasteiger partial charge is 0.495 e. The normalized spacial score (nSPS) is 11.3. The topological polar surface area (TPSA) is 123 Å². The summed E-state index contributed by atoms with van der Waals surface area (Å²) in [5.74, 6) is -1.87. The van der Waals surface area contributed by atoms with E-state index in [2.05, 4.69) is 20.3 Å². The van der Waals surface area contributed by atoms with Crippen molar-refractivity contribution in [3.05, 3.63) is 83.9 Å². The largest absolute Gasteiger partial charge is 0.573 e. The number of carbonyl (C=O) groups excluding carboxylic acids is 2. The zero-order chi connectivity index (χ0) is 25.6. The second-order valence-electron chi connectivity index (χ2n) is 6.81. The van der Waals surface area contributed by atoms with Gasteiger partial charge in [-0.1, -0.05) is 18.2 Å². The lowest BCUT2D eigenvalue weighted by Gasteiger charge is -2.12. The van der Waals surface area contributed by atoms with Crippen LogP contribution < -0.4 is 25.0 Å². The van der Waals surface area contributed by atoms with Gasteiger partial charge in [-0.25, -0.2) is 8.42 Å². The van der Waals surface area contributed by atoms with Crippen molar-refractivity contribution in [1.29, 1.82) is 0 Å². The maximum Gasteiger partial charge on any atom is 0.573 e. The van der Waals surface area contributed by atoms with Crippen LogP contribution in [0.5, 0.6) is 11.5 Å². The van der Waals surface area contributed by atoms with Crippen LogP contribution in [0.3, 0.4) is 0 Å². The Balaban J connectivity index is 1.66. The van der Waals surface area contributed by atoms with Crippen LogP contribution in [0.2, 0.25) is 0 Å². The molecule has 0 aliphatic rings. The molecule has 0 heterocycles. The summed E-state index contributed by atoms with van der Waals surface area (Å²) in [4.78, 5) is 24.4. The molecule has 3 N–H and O–H groups in total. The predicted octanol–water partition coefficient (Wildman–Crippen LogP) is 3.47. The van der Waals surface area contributed by atoms with Gasteiger partial charge in [-0.3, -0.25) is 25.2 Å². The van der Waals surface area contributed by atoms with Crippen LogP contribution in [-0.4, -0.2) is 33.7 Å². The molecule has 0 atom stereocenters. The maximum atomic E-state index is 12.8. The molecule has 3 rings (SSSR count). The fourth-order valence-corrected chi connectivity index (χ4v) is 3.92. The van der Waals surface area contributed by atoms with E-state index < -0.39 is 33.9 Å². The number of halogens is 3. The van der Waals surface area contributed by atoms with Gasteiger partial charge in [0.2, 0.25) is 0 Å². The summed E-state index contributed by atoms with van der Waals surface area (Å²) in [6, 6.07) is 15.4.